The third kappa shape index (κ3) is 6.71. The Hall–Kier alpha value is -0.910. The molecule has 0 heterocycles. The van der Waals surface area contributed by atoms with Crippen molar-refractivity contribution in [3.8, 4) is 0 Å². The summed E-state index contributed by atoms with van der Waals surface area (Å²) < 4.78 is 22.3. The van der Waals surface area contributed by atoms with Crippen LogP contribution in [0.1, 0.15) is 11.1 Å². The van der Waals surface area contributed by atoms with Crippen LogP contribution < -0.4 is 5.32 Å². The van der Waals surface area contributed by atoms with Crippen molar-refractivity contribution in [2.75, 3.05) is 39.2 Å². The Morgan fingerprint density at radius 3 is 2.42 bits per heavy atom. The molecule has 0 saturated carbocycles. The molecule has 0 amide bonds. The molecule has 0 bridgehead atoms. The van der Waals surface area contributed by atoms with Gasteiger partial charge in [0.2, 0.25) is 0 Å². The van der Waals surface area contributed by atoms with E-state index in [2.05, 4.69) is 22.3 Å². The molecule has 1 aromatic rings. The minimum atomic E-state index is -2.89. The number of benzene rings is 1. The normalized spacial score (nSPS) is 12.0. The average molecular weight is 284 g/mol. The van der Waals surface area contributed by atoms with Gasteiger partial charge in [-0.3, -0.25) is 0 Å². The maximum Gasteiger partial charge on any atom is 0.148 e. The lowest BCUT2D eigenvalue weighted by atomic mass is 10.0. The zero-order chi connectivity index (χ0) is 14.3. The van der Waals surface area contributed by atoms with Crippen molar-refractivity contribution in [2.45, 2.75) is 13.0 Å². The summed E-state index contributed by atoms with van der Waals surface area (Å²) in [5.74, 6) is 0.210. The van der Waals surface area contributed by atoms with E-state index in [1.807, 2.05) is 26.2 Å². The van der Waals surface area contributed by atoms with E-state index >= 15 is 0 Å². The van der Waals surface area contributed by atoms with Gasteiger partial charge in [0.25, 0.3) is 0 Å². The first-order valence-electron chi connectivity index (χ1n) is 6.50. The largest absolute Gasteiger partial charge is 0.319 e. The molecular weight excluding hydrogens is 260 g/mol. The molecule has 0 aliphatic carbocycles. The lowest BCUT2D eigenvalue weighted by Gasteiger charge is -2.18. The zero-order valence-electron chi connectivity index (χ0n) is 12.0. The third-order valence-electron chi connectivity index (χ3n) is 3.05. The SMILES string of the molecule is CNCCc1ccccc1CN(C)CCS(C)(=O)=O. The molecule has 0 saturated heterocycles. The van der Waals surface area contributed by atoms with Crippen molar-refractivity contribution in [1.82, 2.24) is 10.2 Å². The first-order valence-corrected chi connectivity index (χ1v) is 8.56. The quantitative estimate of drug-likeness (QED) is 0.771. The Morgan fingerprint density at radius 1 is 1.21 bits per heavy atom. The van der Waals surface area contributed by atoms with E-state index in [9.17, 15) is 8.42 Å². The fourth-order valence-corrected chi connectivity index (χ4v) is 2.55. The maximum absolute atomic E-state index is 11.2. The number of rotatable bonds is 8. The maximum atomic E-state index is 11.2. The van der Waals surface area contributed by atoms with E-state index in [1.54, 1.807) is 0 Å². The predicted molar refractivity (Wildman–Crippen MR) is 80.1 cm³/mol. The summed E-state index contributed by atoms with van der Waals surface area (Å²) in [7, 11) is 1.02. The summed E-state index contributed by atoms with van der Waals surface area (Å²) in [6.45, 7) is 2.30. The summed E-state index contributed by atoms with van der Waals surface area (Å²) in [6, 6.07) is 8.33. The highest BCUT2D eigenvalue weighted by atomic mass is 32.2. The molecule has 5 heteroatoms. The number of hydrogen-bond acceptors (Lipinski definition) is 4. The van der Waals surface area contributed by atoms with E-state index in [-0.39, 0.29) is 5.75 Å². The van der Waals surface area contributed by atoms with Crippen LogP contribution in [-0.2, 0) is 22.8 Å². The van der Waals surface area contributed by atoms with Gasteiger partial charge in [-0.25, -0.2) is 8.42 Å². The van der Waals surface area contributed by atoms with Gasteiger partial charge in [-0.05, 0) is 38.2 Å². The minimum Gasteiger partial charge on any atom is -0.319 e. The van der Waals surface area contributed by atoms with Crippen LogP contribution in [0.25, 0.3) is 0 Å². The Morgan fingerprint density at radius 2 is 1.84 bits per heavy atom. The summed E-state index contributed by atoms with van der Waals surface area (Å²) in [5.41, 5.74) is 2.59. The predicted octanol–water partition coefficient (Wildman–Crippen LogP) is 0.925. The molecular formula is C14H24N2O2S. The van der Waals surface area contributed by atoms with Crippen LogP contribution in [0, 0.1) is 0 Å². The number of nitrogens with zero attached hydrogens (tertiary/aromatic N) is 1. The highest BCUT2D eigenvalue weighted by Gasteiger charge is 2.08. The van der Waals surface area contributed by atoms with Crippen LogP contribution in [-0.4, -0.2) is 52.5 Å². The topological polar surface area (TPSA) is 49.4 Å². The lowest BCUT2D eigenvalue weighted by molar-refractivity contribution is 0.345. The van der Waals surface area contributed by atoms with Crippen LogP contribution in [0.4, 0.5) is 0 Å². The summed E-state index contributed by atoms with van der Waals surface area (Å²) >= 11 is 0. The Bertz CT molecular complexity index is 486. The van der Waals surface area contributed by atoms with Crippen molar-refractivity contribution in [1.29, 1.82) is 0 Å². The molecule has 0 aliphatic heterocycles. The second-order valence-corrected chi connectivity index (χ2v) is 7.25. The molecule has 0 spiro atoms. The molecule has 108 valence electrons. The van der Waals surface area contributed by atoms with Crippen molar-refractivity contribution in [2.24, 2.45) is 0 Å². The Balaban J connectivity index is 2.60. The minimum absolute atomic E-state index is 0.210. The number of nitrogens with one attached hydrogen (secondary N) is 1. The molecule has 0 atom stereocenters. The fraction of sp³-hybridized carbons (Fsp3) is 0.571. The van der Waals surface area contributed by atoms with Crippen molar-refractivity contribution >= 4 is 9.84 Å². The van der Waals surface area contributed by atoms with Crippen LogP contribution in [0.15, 0.2) is 24.3 Å². The smallest absolute Gasteiger partial charge is 0.148 e. The van der Waals surface area contributed by atoms with E-state index in [1.165, 1.54) is 17.4 Å². The van der Waals surface area contributed by atoms with Gasteiger partial charge in [0, 0.05) is 19.3 Å². The molecule has 19 heavy (non-hydrogen) atoms. The van der Waals surface area contributed by atoms with E-state index in [0.29, 0.717) is 6.54 Å². The van der Waals surface area contributed by atoms with Crippen molar-refractivity contribution in [3.63, 3.8) is 0 Å². The molecule has 1 N–H and O–H groups in total. The Labute approximate surface area is 116 Å². The molecule has 0 fully saturated rings. The van der Waals surface area contributed by atoms with Crippen LogP contribution in [0.3, 0.4) is 0 Å². The number of hydrogen-bond donors (Lipinski definition) is 1. The Kier molecular flexibility index (Phi) is 6.48. The van der Waals surface area contributed by atoms with Gasteiger partial charge in [-0.2, -0.15) is 0 Å². The van der Waals surface area contributed by atoms with Gasteiger partial charge < -0.3 is 10.2 Å². The van der Waals surface area contributed by atoms with Gasteiger partial charge in [-0.1, -0.05) is 24.3 Å². The first kappa shape index (κ1) is 16.1. The lowest BCUT2D eigenvalue weighted by Crippen LogP contribution is -2.25. The van der Waals surface area contributed by atoms with Gasteiger partial charge in [0.05, 0.1) is 5.75 Å². The molecule has 0 unspecified atom stereocenters. The summed E-state index contributed by atoms with van der Waals surface area (Å²) in [4.78, 5) is 2.05. The fourth-order valence-electron chi connectivity index (χ4n) is 1.91. The highest BCUT2D eigenvalue weighted by Crippen LogP contribution is 2.11. The molecule has 0 aliphatic rings. The van der Waals surface area contributed by atoms with E-state index in [4.69, 9.17) is 0 Å². The monoisotopic (exact) mass is 284 g/mol. The third-order valence-corrected chi connectivity index (χ3v) is 3.97. The zero-order valence-corrected chi connectivity index (χ0v) is 12.8. The molecule has 4 nitrogen and oxygen atoms in total. The van der Waals surface area contributed by atoms with Gasteiger partial charge >= 0.3 is 0 Å². The first-order chi connectivity index (χ1) is 8.92. The molecule has 1 aromatic carbocycles. The number of likely N-dealkylation sites (N-methyl/N-ethyl adjacent to an activating group) is 1. The summed E-state index contributed by atoms with van der Waals surface area (Å²) in [6.07, 6.45) is 2.27. The van der Waals surface area contributed by atoms with Gasteiger partial charge in [0.15, 0.2) is 0 Å². The number of sulfone groups is 1. The van der Waals surface area contributed by atoms with Crippen molar-refractivity contribution < 1.29 is 8.42 Å². The van der Waals surface area contributed by atoms with Crippen LogP contribution in [0.2, 0.25) is 0 Å². The van der Waals surface area contributed by atoms with Gasteiger partial charge in [0.1, 0.15) is 9.84 Å². The standard InChI is InChI=1S/C14H24N2O2S/c1-15-9-8-13-6-4-5-7-14(13)12-16(2)10-11-19(3,17)18/h4-7,15H,8-12H2,1-3H3. The average Bonchev–Trinajstić information content (AvgIpc) is 2.34. The van der Waals surface area contributed by atoms with E-state index < -0.39 is 9.84 Å². The molecule has 1 rings (SSSR count). The second-order valence-electron chi connectivity index (χ2n) is 4.99. The van der Waals surface area contributed by atoms with Crippen LogP contribution >= 0.6 is 0 Å². The van der Waals surface area contributed by atoms with E-state index in [0.717, 1.165) is 19.5 Å². The van der Waals surface area contributed by atoms with Crippen molar-refractivity contribution in [3.05, 3.63) is 35.4 Å². The second kappa shape index (κ2) is 7.62. The van der Waals surface area contributed by atoms with Crippen LogP contribution in [0.5, 0.6) is 0 Å². The molecule has 0 radical (unpaired) electrons. The molecule has 0 aromatic heterocycles. The summed E-state index contributed by atoms with van der Waals surface area (Å²) in [5, 5.41) is 3.15. The highest BCUT2D eigenvalue weighted by molar-refractivity contribution is 7.90. The van der Waals surface area contributed by atoms with Gasteiger partial charge in [-0.15, -0.1) is 0 Å².